The van der Waals surface area contributed by atoms with Crippen molar-refractivity contribution >= 4 is 27.6 Å². The van der Waals surface area contributed by atoms with E-state index in [1.807, 2.05) is 0 Å². The summed E-state index contributed by atoms with van der Waals surface area (Å²) in [7, 11) is -3.07. The van der Waals surface area contributed by atoms with Crippen LogP contribution in [0.5, 0.6) is 0 Å². The molecular weight excluding hydrogens is 308 g/mol. The van der Waals surface area contributed by atoms with Crippen molar-refractivity contribution in [3.63, 3.8) is 0 Å². The Kier molecular flexibility index (Phi) is 3.74. The van der Waals surface area contributed by atoms with Crippen molar-refractivity contribution in [2.45, 2.75) is 44.6 Å². The van der Waals surface area contributed by atoms with E-state index in [1.54, 1.807) is 0 Å². The summed E-state index contributed by atoms with van der Waals surface area (Å²) in [6.07, 6.45) is 3.92. The summed E-state index contributed by atoms with van der Waals surface area (Å²) >= 11 is 0. The molecule has 8 heteroatoms. The van der Waals surface area contributed by atoms with Gasteiger partial charge in [0.2, 0.25) is 17.7 Å². The van der Waals surface area contributed by atoms with E-state index in [9.17, 15) is 22.8 Å². The molecule has 1 spiro atoms. The maximum Gasteiger partial charge on any atom is 0.240 e. The standard InChI is InChI=1S/C14H20N2O5S/c17-11(15-10-3-6-22(20,21)9-10)8-16-12(18)7-14(13(16)19)4-1-2-5-14/h10H,1-9H2,(H,15,17)/t10-/m1/s1. The van der Waals surface area contributed by atoms with Crippen LogP contribution in [0.1, 0.15) is 38.5 Å². The van der Waals surface area contributed by atoms with E-state index >= 15 is 0 Å². The van der Waals surface area contributed by atoms with Gasteiger partial charge >= 0.3 is 0 Å². The Bertz CT molecular complexity index is 621. The molecule has 0 radical (unpaired) electrons. The highest BCUT2D eigenvalue weighted by molar-refractivity contribution is 7.91. The molecule has 2 heterocycles. The van der Waals surface area contributed by atoms with E-state index in [0.29, 0.717) is 6.42 Å². The number of sulfone groups is 1. The molecule has 7 nitrogen and oxygen atoms in total. The lowest BCUT2D eigenvalue weighted by atomic mass is 9.84. The fourth-order valence-electron chi connectivity index (χ4n) is 3.79. The van der Waals surface area contributed by atoms with Crippen LogP contribution in [0, 0.1) is 5.41 Å². The molecular formula is C14H20N2O5S. The van der Waals surface area contributed by atoms with E-state index in [-0.39, 0.29) is 36.3 Å². The fraction of sp³-hybridized carbons (Fsp3) is 0.786. The smallest absolute Gasteiger partial charge is 0.240 e. The molecule has 122 valence electrons. The van der Waals surface area contributed by atoms with Crippen LogP contribution >= 0.6 is 0 Å². The number of carbonyl (C=O) groups is 3. The lowest BCUT2D eigenvalue weighted by Gasteiger charge is -2.21. The van der Waals surface area contributed by atoms with E-state index < -0.39 is 27.2 Å². The van der Waals surface area contributed by atoms with E-state index in [0.717, 1.165) is 30.6 Å². The largest absolute Gasteiger partial charge is 0.351 e. The first-order valence-electron chi connectivity index (χ1n) is 7.66. The molecule has 3 rings (SSSR count). The minimum Gasteiger partial charge on any atom is -0.351 e. The number of rotatable bonds is 3. The second-order valence-electron chi connectivity index (χ2n) is 6.62. The summed E-state index contributed by atoms with van der Waals surface area (Å²) in [5.41, 5.74) is -0.575. The first-order valence-corrected chi connectivity index (χ1v) is 9.48. The molecule has 1 saturated carbocycles. The van der Waals surface area contributed by atoms with Crippen molar-refractivity contribution < 1.29 is 22.8 Å². The second kappa shape index (κ2) is 5.33. The zero-order chi connectivity index (χ0) is 16.0. The zero-order valence-corrected chi connectivity index (χ0v) is 13.2. The predicted molar refractivity (Wildman–Crippen MR) is 77.4 cm³/mol. The minimum atomic E-state index is -3.07. The molecule has 2 aliphatic heterocycles. The average Bonchev–Trinajstić information content (AvgIpc) is 3.07. The maximum absolute atomic E-state index is 12.4. The molecule has 0 aromatic heterocycles. The normalized spacial score (nSPS) is 29.5. The topological polar surface area (TPSA) is 101 Å². The summed E-state index contributed by atoms with van der Waals surface area (Å²) < 4.78 is 22.7. The summed E-state index contributed by atoms with van der Waals surface area (Å²) in [5.74, 6) is -0.975. The number of amides is 3. The molecule has 0 aromatic carbocycles. The highest BCUT2D eigenvalue weighted by atomic mass is 32.2. The van der Waals surface area contributed by atoms with Crippen molar-refractivity contribution in [2.24, 2.45) is 5.41 Å². The van der Waals surface area contributed by atoms with Crippen LogP contribution in [0.15, 0.2) is 0 Å². The maximum atomic E-state index is 12.4. The first-order chi connectivity index (χ1) is 10.3. The summed E-state index contributed by atoms with van der Waals surface area (Å²) in [5, 5.41) is 2.62. The molecule has 3 aliphatic rings. The van der Waals surface area contributed by atoms with Gasteiger partial charge in [-0.2, -0.15) is 0 Å². The second-order valence-corrected chi connectivity index (χ2v) is 8.85. The van der Waals surface area contributed by atoms with Crippen molar-refractivity contribution in [1.82, 2.24) is 10.2 Å². The van der Waals surface area contributed by atoms with Crippen molar-refractivity contribution in [1.29, 1.82) is 0 Å². The number of nitrogens with one attached hydrogen (secondary N) is 1. The molecule has 1 N–H and O–H groups in total. The third-order valence-electron chi connectivity index (χ3n) is 4.95. The van der Waals surface area contributed by atoms with Crippen LogP contribution in [0.25, 0.3) is 0 Å². The molecule has 3 amide bonds. The number of carbonyl (C=O) groups excluding carboxylic acids is 3. The molecule has 0 aromatic rings. The van der Waals surface area contributed by atoms with Gasteiger partial charge in [-0.1, -0.05) is 12.8 Å². The van der Waals surface area contributed by atoms with Crippen molar-refractivity contribution in [2.75, 3.05) is 18.1 Å². The summed E-state index contributed by atoms with van der Waals surface area (Å²) in [6.45, 7) is -0.296. The van der Waals surface area contributed by atoms with E-state index in [2.05, 4.69) is 5.32 Å². The first kappa shape index (κ1) is 15.5. The van der Waals surface area contributed by atoms with Gasteiger partial charge in [0.05, 0.1) is 16.9 Å². The van der Waals surface area contributed by atoms with Gasteiger partial charge in [-0.25, -0.2) is 8.42 Å². The van der Waals surface area contributed by atoms with E-state index in [4.69, 9.17) is 0 Å². The van der Waals surface area contributed by atoms with Crippen molar-refractivity contribution in [3.05, 3.63) is 0 Å². The number of nitrogens with zero attached hydrogens (tertiary/aromatic N) is 1. The van der Waals surface area contributed by atoms with Crippen molar-refractivity contribution in [3.8, 4) is 0 Å². The predicted octanol–water partition coefficient (Wildman–Crippen LogP) is -0.391. The third-order valence-corrected chi connectivity index (χ3v) is 6.72. The van der Waals surface area contributed by atoms with Crippen LogP contribution in [0.3, 0.4) is 0 Å². The SMILES string of the molecule is O=C(CN1C(=O)CC2(CCCC2)C1=O)N[C@@H]1CCS(=O)(=O)C1. The van der Waals surface area contributed by atoms with Gasteiger partial charge in [0.1, 0.15) is 6.54 Å². The van der Waals surface area contributed by atoms with Crippen LogP contribution < -0.4 is 5.32 Å². The van der Waals surface area contributed by atoms with E-state index in [1.165, 1.54) is 0 Å². The summed E-state index contributed by atoms with van der Waals surface area (Å²) in [4.78, 5) is 37.5. The van der Waals surface area contributed by atoms with Gasteiger partial charge in [-0.05, 0) is 19.3 Å². The highest BCUT2D eigenvalue weighted by Gasteiger charge is 2.52. The highest BCUT2D eigenvalue weighted by Crippen LogP contribution is 2.46. The quantitative estimate of drug-likeness (QED) is 0.711. The van der Waals surface area contributed by atoms with Gasteiger partial charge in [0.25, 0.3) is 0 Å². The van der Waals surface area contributed by atoms with Gasteiger partial charge < -0.3 is 5.32 Å². The number of hydrogen-bond acceptors (Lipinski definition) is 5. The van der Waals surface area contributed by atoms with Gasteiger partial charge in [-0.15, -0.1) is 0 Å². The molecule has 1 atom stereocenters. The van der Waals surface area contributed by atoms with Crippen LogP contribution in [0.2, 0.25) is 0 Å². The molecule has 2 saturated heterocycles. The van der Waals surface area contributed by atoms with Crippen LogP contribution in [-0.2, 0) is 24.2 Å². The fourth-order valence-corrected chi connectivity index (χ4v) is 5.46. The molecule has 0 unspecified atom stereocenters. The van der Waals surface area contributed by atoms with Gasteiger partial charge in [0, 0.05) is 12.5 Å². The molecule has 0 bridgehead atoms. The Morgan fingerprint density at radius 3 is 2.55 bits per heavy atom. The zero-order valence-electron chi connectivity index (χ0n) is 12.3. The van der Waals surface area contributed by atoms with Crippen LogP contribution in [-0.4, -0.2) is 55.1 Å². The summed E-state index contributed by atoms with van der Waals surface area (Å²) in [6, 6.07) is -0.411. The molecule has 1 aliphatic carbocycles. The lowest BCUT2D eigenvalue weighted by Crippen LogP contribution is -2.45. The number of imide groups is 1. The number of likely N-dealkylation sites (tertiary alicyclic amines) is 1. The van der Waals surface area contributed by atoms with Crippen LogP contribution in [0.4, 0.5) is 0 Å². The van der Waals surface area contributed by atoms with Gasteiger partial charge in [-0.3, -0.25) is 19.3 Å². The molecule has 22 heavy (non-hydrogen) atoms. The average molecular weight is 328 g/mol. The Morgan fingerprint density at radius 2 is 1.95 bits per heavy atom. The number of hydrogen-bond donors (Lipinski definition) is 1. The van der Waals surface area contributed by atoms with Gasteiger partial charge in [0.15, 0.2) is 9.84 Å². The monoisotopic (exact) mass is 328 g/mol. The Balaban J connectivity index is 1.60. The third kappa shape index (κ3) is 2.76. The Morgan fingerprint density at radius 1 is 1.27 bits per heavy atom. The Labute approximate surface area is 129 Å². The minimum absolute atomic E-state index is 0.0649. The molecule has 3 fully saturated rings. The lowest BCUT2D eigenvalue weighted by molar-refractivity contribution is -0.144. The Hall–Kier alpha value is -1.44.